The number of amides is 1. The molecule has 1 heterocycles. The predicted molar refractivity (Wildman–Crippen MR) is 95.2 cm³/mol. The molecule has 27 heavy (non-hydrogen) atoms. The summed E-state index contributed by atoms with van der Waals surface area (Å²) < 4.78 is 24.3. The van der Waals surface area contributed by atoms with Gasteiger partial charge in [-0.05, 0) is 36.6 Å². The van der Waals surface area contributed by atoms with E-state index in [4.69, 9.17) is 9.47 Å². The number of likely N-dealkylation sites (tertiary alicyclic amines) is 1. The van der Waals surface area contributed by atoms with Crippen LogP contribution in [0.5, 0.6) is 11.5 Å². The van der Waals surface area contributed by atoms with Crippen LogP contribution in [0.4, 0.5) is 10.1 Å². The lowest BCUT2D eigenvalue weighted by molar-refractivity contribution is -0.385. The van der Waals surface area contributed by atoms with Crippen LogP contribution in [0, 0.1) is 15.9 Å². The summed E-state index contributed by atoms with van der Waals surface area (Å²) in [5.41, 5.74) is 0.633. The zero-order valence-corrected chi connectivity index (χ0v) is 14.8. The number of ether oxygens (including phenoxy) is 2. The van der Waals surface area contributed by atoms with Gasteiger partial charge < -0.3 is 14.4 Å². The van der Waals surface area contributed by atoms with Crippen LogP contribution >= 0.6 is 0 Å². The van der Waals surface area contributed by atoms with Gasteiger partial charge in [0.2, 0.25) is 0 Å². The lowest BCUT2D eigenvalue weighted by Crippen LogP contribution is -2.34. The maximum absolute atomic E-state index is 13.9. The highest BCUT2D eigenvalue weighted by Crippen LogP contribution is 2.33. The van der Waals surface area contributed by atoms with Crippen molar-refractivity contribution in [3.8, 4) is 11.5 Å². The number of methoxy groups -OCH3 is 1. The number of nitrogens with zero attached hydrogens (tertiary/aromatic N) is 2. The maximum Gasteiger partial charge on any atom is 0.272 e. The van der Waals surface area contributed by atoms with Crippen LogP contribution in [-0.2, 0) is 4.79 Å². The fourth-order valence-corrected chi connectivity index (χ4v) is 3.18. The second kappa shape index (κ2) is 8.03. The summed E-state index contributed by atoms with van der Waals surface area (Å²) in [5.74, 6) is -0.572. The zero-order valence-electron chi connectivity index (χ0n) is 14.8. The summed E-state index contributed by atoms with van der Waals surface area (Å²) >= 11 is 0. The Bertz CT molecular complexity index is 840. The molecule has 1 atom stereocenters. The standard InChI is InChI=1S/C19H19FN2O5/c1-26-15-7-4-13(5-8-15)17-3-2-10-21(17)19(23)12-27-18-9-6-14(22(24)25)11-16(18)20/h4-9,11,17H,2-3,10,12H2,1H3. The Morgan fingerprint density at radius 3 is 2.67 bits per heavy atom. The van der Waals surface area contributed by atoms with E-state index in [1.165, 1.54) is 0 Å². The van der Waals surface area contributed by atoms with Crippen LogP contribution in [0.1, 0.15) is 24.4 Å². The average molecular weight is 374 g/mol. The number of carbonyl (C=O) groups excluding carboxylic acids is 1. The second-order valence-corrected chi connectivity index (χ2v) is 6.18. The summed E-state index contributed by atoms with van der Waals surface area (Å²) in [6.45, 7) is 0.267. The molecule has 0 bridgehead atoms. The van der Waals surface area contributed by atoms with Gasteiger partial charge in [-0.15, -0.1) is 0 Å². The minimum Gasteiger partial charge on any atom is -0.497 e. The van der Waals surface area contributed by atoms with Crippen LogP contribution in [0.2, 0.25) is 0 Å². The number of carbonyl (C=O) groups is 1. The minimum atomic E-state index is -0.870. The van der Waals surface area contributed by atoms with E-state index in [9.17, 15) is 19.3 Å². The lowest BCUT2D eigenvalue weighted by Gasteiger charge is -2.25. The first-order chi connectivity index (χ1) is 13.0. The van der Waals surface area contributed by atoms with Gasteiger partial charge in [0.05, 0.1) is 24.1 Å². The molecular weight excluding hydrogens is 355 g/mol. The fourth-order valence-electron chi connectivity index (χ4n) is 3.18. The van der Waals surface area contributed by atoms with Gasteiger partial charge >= 0.3 is 0 Å². The molecular formula is C19H19FN2O5. The number of hydrogen-bond donors (Lipinski definition) is 0. The van der Waals surface area contributed by atoms with Crippen molar-refractivity contribution in [2.24, 2.45) is 0 Å². The number of nitro benzene ring substituents is 1. The van der Waals surface area contributed by atoms with E-state index in [1.54, 1.807) is 12.0 Å². The number of non-ortho nitro benzene ring substituents is 1. The van der Waals surface area contributed by atoms with E-state index in [2.05, 4.69) is 0 Å². The van der Waals surface area contributed by atoms with E-state index in [-0.39, 0.29) is 30.0 Å². The van der Waals surface area contributed by atoms with Gasteiger partial charge in [0, 0.05) is 12.6 Å². The number of benzene rings is 2. The predicted octanol–water partition coefficient (Wildman–Crippen LogP) is 3.49. The Labute approximate surface area is 155 Å². The third kappa shape index (κ3) is 4.16. The van der Waals surface area contributed by atoms with Crippen LogP contribution in [-0.4, -0.2) is 36.0 Å². The topological polar surface area (TPSA) is 81.9 Å². The van der Waals surface area contributed by atoms with Crippen LogP contribution in [0.3, 0.4) is 0 Å². The minimum absolute atomic E-state index is 0.0614. The third-order valence-corrected chi connectivity index (χ3v) is 4.55. The Balaban J connectivity index is 1.65. The molecule has 0 radical (unpaired) electrons. The van der Waals surface area contributed by atoms with E-state index in [0.717, 1.165) is 42.4 Å². The highest BCUT2D eigenvalue weighted by Gasteiger charge is 2.30. The SMILES string of the molecule is COc1ccc(C2CCCN2C(=O)COc2ccc([N+](=O)[O-])cc2F)cc1. The lowest BCUT2D eigenvalue weighted by atomic mass is 10.0. The molecule has 7 nitrogen and oxygen atoms in total. The molecule has 1 amide bonds. The summed E-state index contributed by atoms with van der Waals surface area (Å²) in [5, 5.41) is 10.6. The van der Waals surface area contributed by atoms with Crippen molar-refractivity contribution in [2.45, 2.75) is 18.9 Å². The number of halogens is 1. The van der Waals surface area contributed by atoms with Crippen molar-refractivity contribution in [3.63, 3.8) is 0 Å². The largest absolute Gasteiger partial charge is 0.497 e. The molecule has 1 unspecified atom stereocenters. The Morgan fingerprint density at radius 1 is 1.30 bits per heavy atom. The van der Waals surface area contributed by atoms with Gasteiger partial charge in [-0.1, -0.05) is 12.1 Å². The Morgan fingerprint density at radius 2 is 2.04 bits per heavy atom. The molecule has 1 aliphatic heterocycles. The van der Waals surface area contributed by atoms with Gasteiger partial charge in [0.25, 0.3) is 11.6 Å². The highest BCUT2D eigenvalue weighted by atomic mass is 19.1. The van der Waals surface area contributed by atoms with E-state index in [1.807, 2.05) is 24.3 Å². The highest BCUT2D eigenvalue weighted by molar-refractivity contribution is 5.78. The molecule has 8 heteroatoms. The smallest absolute Gasteiger partial charge is 0.272 e. The summed E-state index contributed by atoms with van der Waals surface area (Å²) in [6, 6.07) is 10.5. The van der Waals surface area contributed by atoms with E-state index >= 15 is 0 Å². The second-order valence-electron chi connectivity index (χ2n) is 6.18. The monoisotopic (exact) mass is 374 g/mol. The maximum atomic E-state index is 13.9. The molecule has 0 saturated carbocycles. The van der Waals surface area contributed by atoms with Gasteiger partial charge in [-0.3, -0.25) is 14.9 Å². The molecule has 3 rings (SSSR count). The number of hydrogen-bond acceptors (Lipinski definition) is 5. The summed E-state index contributed by atoms with van der Waals surface area (Å²) in [4.78, 5) is 24.2. The molecule has 0 aliphatic carbocycles. The van der Waals surface area contributed by atoms with Crippen molar-refractivity contribution in [2.75, 3.05) is 20.3 Å². The molecule has 2 aromatic carbocycles. The normalized spacial score (nSPS) is 16.2. The van der Waals surface area contributed by atoms with Gasteiger partial charge in [-0.2, -0.15) is 0 Å². The van der Waals surface area contributed by atoms with Gasteiger partial charge in [-0.25, -0.2) is 4.39 Å². The first-order valence-corrected chi connectivity index (χ1v) is 8.49. The quantitative estimate of drug-likeness (QED) is 0.571. The van der Waals surface area contributed by atoms with Crippen LogP contribution in [0.15, 0.2) is 42.5 Å². The van der Waals surface area contributed by atoms with Crippen molar-refractivity contribution in [1.82, 2.24) is 4.90 Å². The van der Waals surface area contributed by atoms with Crippen molar-refractivity contribution >= 4 is 11.6 Å². The van der Waals surface area contributed by atoms with E-state index < -0.39 is 10.7 Å². The number of rotatable bonds is 6. The Kier molecular flexibility index (Phi) is 5.54. The van der Waals surface area contributed by atoms with Crippen molar-refractivity contribution in [3.05, 3.63) is 64.0 Å². The molecule has 0 spiro atoms. The van der Waals surface area contributed by atoms with Gasteiger partial charge in [0.1, 0.15) is 5.75 Å². The molecule has 1 saturated heterocycles. The molecule has 142 valence electrons. The van der Waals surface area contributed by atoms with Crippen molar-refractivity contribution in [1.29, 1.82) is 0 Å². The molecule has 2 aromatic rings. The van der Waals surface area contributed by atoms with E-state index in [0.29, 0.717) is 6.54 Å². The number of nitro groups is 1. The third-order valence-electron chi connectivity index (χ3n) is 4.55. The van der Waals surface area contributed by atoms with Gasteiger partial charge in [0.15, 0.2) is 18.2 Å². The van der Waals surface area contributed by atoms with Crippen molar-refractivity contribution < 1.29 is 23.6 Å². The molecule has 0 aromatic heterocycles. The summed E-state index contributed by atoms with van der Waals surface area (Å²) in [7, 11) is 1.59. The van der Waals surface area contributed by atoms with Crippen LogP contribution in [0.25, 0.3) is 0 Å². The summed E-state index contributed by atoms with van der Waals surface area (Å²) in [6.07, 6.45) is 1.71. The molecule has 1 aliphatic rings. The fraction of sp³-hybridized carbons (Fsp3) is 0.316. The zero-order chi connectivity index (χ0) is 19.4. The molecule has 1 fully saturated rings. The Hall–Kier alpha value is -3.16. The average Bonchev–Trinajstić information content (AvgIpc) is 3.16. The molecule has 0 N–H and O–H groups in total. The first-order valence-electron chi connectivity index (χ1n) is 8.49. The van der Waals surface area contributed by atoms with Crippen LogP contribution < -0.4 is 9.47 Å². The first kappa shape index (κ1) is 18.6.